The molecule has 26 heavy (non-hydrogen) atoms. The molecule has 0 atom stereocenters. The topological polar surface area (TPSA) is 86.2 Å². The Morgan fingerprint density at radius 1 is 1.15 bits per heavy atom. The number of aryl methyl sites for hydroxylation is 1. The molecular weight excluding hydrogens is 381 g/mol. The molecule has 2 N–H and O–H groups in total. The maximum atomic E-state index is 13.2. The van der Waals surface area contributed by atoms with Crippen molar-refractivity contribution in [3.05, 3.63) is 76.8 Å². The zero-order valence-corrected chi connectivity index (χ0v) is 15.1. The normalized spacial score (nSPS) is 12.2. The lowest BCUT2D eigenvalue weighted by Gasteiger charge is -2.03. The van der Waals surface area contributed by atoms with Crippen molar-refractivity contribution < 1.29 is 21.7 Å². The van der Waals surface area contributed by atoms with Crippen molar-refractivity contribution in [2.24, 2.45) is 0 Å². The first-order valence-electron chi connectivity index (χ1n) is 7.45. The summed E-state index contributed by atoms with van der Waals surface area (Å²) in [4.78, 5) is 0.0274. The van der Waals surface area contributed by atoms with Crippen LogP contribution in [-0.4, -0.2) is 19.4 Å². The van der Waals surface area contributed by atoms with Crippen LogP contribution in [0.4, 0.5) is 10.2 Å². The Morgan fingerprint density at radius 3 is 2.38 bits per heavy atom. The minimum Gasteiger partial charge on any atom is -0.358 e. The molecule has 6 nitrogen and oxygen atoms in total. The van der Waals surface area contributed by atoms with Crippen molar-refractivity contribution in [3.8, 4) is 0 Å². The number of hydrogen-bond acceptors (Lipinski definition) is 4. The lowest BCUT2D eigenvalue weighted by atomic mass is 10.2. The fourth-order valence-corrected chi connectivity index (χ4v) is 3.31. The van der Waals surface area contributed by atoms with Crippen LogP contribution in [0.1, 0.15) is 11.3 Å². The highest BCUT2D eigenvalue weighted by molar-refractivity contribution is 7.84. The minimum absolute atomic E-state index is 0.0274. The number of rotatable bonds is 4. The summed E-state index contributed by atoms with van der Waals surface area (Å²) < 4.78 is 45.9. The van der Waals surface area contributed by atoms with E-state index in [0.717, 1.165) is 0 Å². The molecule has 1 aromatic heterocycles. The number of aromatic nitrogens is 1. The molecule has 2 aromatic carbocycles. The standard InChI is InChI=1S/C17H13ClFN3O3S/c1-11-10-16(21-25-11)20-17(12-2-6-14(19)7-3-12)22-26(23,24)15-8-4-13(18)5-9-15/h2-10H,1H3,(H,20,21,22)/p+1. The Bertz CT molecular complexity index is 1050. The van der Waals surface area contributed by atoms with Crippen LogP contribution in [0.5, 0.6) is 0 Å². The van der Waals surface area contributed by atoms with E-state index in [4.69, 9.17) is 16.1 Å². The van der Waals surface area contributed by atoms with E-state index in [9.17, 15) is 12.8 Å². The van der Waals surface area contributed by atoms with Gasteiger partial charge in [0.2, 0.25) is 0 Å². The van der Waals surface area contributed by atoms with Gasteiger partial charge in [0.25, 0.3) is 11.7 Å². The van der Waals surface area contributed by atoms with Gasteiger partial charge >= 0.3 is 10.0 Å². The zero-order chi connectivity index (χ0) is 18.7. The lowest BCUT2D eigenvalue weighted by molar-refractivity contribution is -0.266. The Morgan fingerprint density at radius 2 is 1.81 bits per heavy atom. The van der Waals surface area contributed by atoms with Crippen molar-refractivity contribution in [1.29, 1.82) is 0 Å². The van der Waals surface area contributed by atoms with E-state index in [1.165, 1.54) is 48.5 Å². The van der Waals surface area contributed by atoms with Crippen LogP contribution >= 0.6 is 11.6 Å². The second-order valence-corrected chi connectivity index (χ2v) is 7.51. The SMILES string of the molecule is Cc1cc(NC(=[NH+]S(=O)(=O)c2ccc(Cl)cc2)c2ccc(F)cc2)no1. The summed E-state index contributed by atoms with van der Waals surface area (Å²) >= 11 is 5.80. The first-order chi connectivity index (χ1) is 12.3. The fourth-order valence-electron chi connectivity index (χ4n) is 2.13. The summed E-state index contributed by atoms with van der Waals surface area (Å²) in [5, 5.41) is 7.04. The first-order valence-corrected chi connectivity index (χ1v) is 9.31. The fraction of sp³-hybridized carbons (Fsp3) is 0.0588. The quantitative estimate of drug-likeness (QED) is 0.523. The van der Waals surface area contributed by atoms with Crippen LogP contribution in [0.3, 0.4) is 0 Å². The third-order valence-corrected chi connectivity index (χ3v) is 4.99. The Hall–Kier alpha value is -2.71. The number of halogens is 2. The molecule has 0 saturated heterocycles. The molecule has 3 aromatic rings. The van der Waals surface area contributed by atoms with E-state index in [1.807, 2.05) is 0 Å². The summed E-state index contributed by atoms with van der Waals surface area (Å²) in [7, 11) is -3.91. The molecule has 0 bridgehead atoms. The van der Waals surface area contributed by atoms with E-state index in [2.05, 4.69) is 14.9 Å². The lowest BCUT2D eigenvalue weighted by Crippen LogP contribution is -2.78. The van der Waals surface area contributed by atoms with Gasteiger partial charge in [-0.2, -0.15) is 12.8 Å². The molecule has 3 rings (SSSR count). The van der Waals surface area contributed by atoms with E-state index < -0.39 is 15.8 Å². The Kier molecular flexibility index (Phi) is 5.06. The molecule has 0 fully saturated rings. The van der Waals surface area contributed by atoms with E-state index >= 15 is 0 Å². The van der Waals surface area contributed by atoms with Gasteiger partial charge in [0.15, 0.2) is 0 Å². The molecule has 9 heteroatoms. The van der Waals surface area contributed by atoms with Crippen LogP contribution < -0.4 is 9.71 Å². The number of hydrogen-bond donors (Lipinski definition) is 2. The average Bonchev–Trinajstić information content (AvgIpc) is 3.00. The van der Waals surface area contributed by atoms with Gasteiger partial charge in [-0.15, -0.1) is 0 Å². The van der Waals surface area contributed by atoms with Crippen molar-refractivity contribution in [3.63, 3.8) is 0 Å². The minimum atomic E-state index is -3.91. The molecule has 0 unspecified atom stereocenters. The van der Waals surface area contributed by atoms with Gasteiger partial charge in [-0.3, -0.25) is 0 Å². The van der Waals surface area contributed by atoms with Crippen LogP contribution in [0.15, 0.2) is 64.0 Å². The predicted octanol–water partition coefficient (Wildman–Crippen LogP) is 2.10. The van der Waals surface area contributed by atoms with Crippen LogP contribution in [0.2, 0.25) is 5.02 Å². The number of nitrogens with zero attached hydrogens (tertiary/aromatic N) is 1. The Balaban J connectivity index is 2.04. The molecule has 0 radical (unpaired) electrons. The largest absolute Gasteiger partial charge is 0.358 e. The molecule has 1 heterocycles. The summed E-state index contributed by atoms with van der Waals surface area (Å²) in [5.74, 6) is 0.520. The molecule has 0 spiro atoms. The number of sulfonamides is 1. The van der Waals surface area contributed by atoms with Crippen LogP contribution in [0.25, 0.3) is 0 Å². The van der Waals surface area contributed by atoms with E-state index in [1.54, 1.807) is 13.0 Å². The Labute approximate surface area is 154 Å². The third kappa shape index (κ3) is 4.27. The van der Waals surface area contributed by atoms with Crippen molar-refractivity contribution in [1.82, 2.24) is 5.16 Å². The summed E-state index contributed by atoms with van der Waals surface area (Å²) in [6.45, 7) is 1.70. The maximum Gasteiger partial charge on any atom is 0.328 e. The van der Waals surface area contributed by atoms with Gasteiger partial charge < -0.3 is 4.52 Å². The first kappa shape index (κ1) is 18.1. The highest BCUT2D eigenvalue weighted by Crippen LogP contribution is 2.13. The van der Waals surface area contributed by atoms with E-state index in [-0.39, 0.29) is 10.7 Å². The number of benzene rings is 2. The smallest absolute Gasteiger partial charge is 0.328 e. The molecule has 0 saturated carbocycles. The molecule has 0 aliphatic rings. The monoisotopic (exact) mass is 394 g/mol. The number of anilines is 1. The molecule has 0 amide bonds. The summed E-state index contributed by atoms with van der Waals surface area (Å²) in [5.41, 5.74) is 0.421. The highest BCUT2D eigenvalue weighted by Gasteiger charge is 2.21. The van der Waals surface area contributed by atoms with Gasteiger partial charge in [-0.05, 0) is 60.6 Å². The highest BCUT2D eigenvalue weighted by atomic mass is 35.5. The number of nitrogens with one attached hydrogen (secondary N) is 2. The van der Waals surface area contributed by atoms with Crippen molar-refractivity contribution >= 4 is 33.3 Å². The van der Waals surface area contributed by atoms with Crippen molar-refractivity contribution in [2.45, 2.75) is 11.8 Å². The van der Waals surface area contributed by atoms with Crippen molar-refractivity contribution in [2.75, 3.05) is 5.32 Å². The molecule has 0 aliphatic heterocycles. The van der Waals surface area contributed by atoms with Crippen LogP contribution in [0, 0.1) is 12.7 Å². The average molecular weight is 395 g/mol. The third-order valence-electron chi connectivity index (χ3n) is 3.37. The van der Waals surface area contributed by atoms with Gasteiger partial charge in [-0.1, -0.05) is 11.6 Å². The maximum absolute atomic E-state index is 13.2. The number of amidine groups is 1. The molecular formula is C17H14ClFN3O3S+. The van der Waals surface area contributed by atoms with Crippen LogP contribution in [-0.2, 0) is 10.0 Å². The second kappa shape index (κ2) is 7.27. The van der Waals surface area contributed by atoms with Gasteiger partial charge in [0.05, 0.1) is 5.56 Å². The predicted molar refractivity (Wildman–Crippen MR) is 95.0 cm³/mol. The van der Waals surface area contributed by atoms with Gasteiger partial charge in [-0.25, -0.2) is 9.71 Å². The summed E-state index contributed by atoms with van der Waals surface area (Å²) in [6.07, 6.45) is 0. The summed E-state index contributed by atoms with van der Waals surface area (Å²) in [6, 6.07) is 12.6. The van der Waals surface area contributed by atoms with Gasteiger partial charge in [0, 0.05) is 11.1 Å². The molecule has 0 aliphatic carbocycles. The van der Waals surface area contributed by atoms with E-state index in [0.29, 0.717) is 22.2 Å². The zero-order valence-electron chi connectivity index (χ0n) is 13.5. The molecule has 134 valence electrons. The second-order valence-electron chi connectivity index (χ2n) is 5.39. The van der Waals surface area contributed by atoms with Gasteiger partial charge in [0.1, 0.15) is 16.5 Å².